The first-order valence-electron chi connectivity index (χ1n) is 10.3. The van der Waals surface area contributed by atoms with E-state index in [0.29, 0.717) is 17.8 Å². The molecule has 29 heavy (non-hydrogen) atoms. The van der Waals surface area contributed by atoms with Crippen molar-refractivity contribution >= 4 is 5.91 Å². The number of ether oxygens (including phenoxy) is 2. The van der Waals surface area contributed by atoms with Gasteiger partial charge in [0.25, 0.3) is 5.91 Å². The van der Waals surface area contributed by atoms with Crippen molar-refractivity contribution in [3.05, 3.63) is 63.1 Å². The number of amides is 1. The molecule has 3 aliphatic rings. The minimum atomic E-state index is -0.209. The maximum atomic E-state index is 13.4. The minimum Gasteiger partial charge on any atom is -0.483 e. The van der Waals surface area contributed by atoms with E-state index in [1.165, 1.54) is 0 Å². The van der Waals surface area contributed by atoms with Gasteiger partial charge in [-0.15, -0.1) is 0 Å². The third-order valence-corrected chi connectivity index (χ3v) is 6.76. The van der Waals surface area contributed by atoms with Crippen LogP contribution in [0.5, 0.6) is 5.75 Å². The monoisotopic (exact) mass is 394 g/mol. The normalized spacial score (nSPS) is 25.0. The number of carbonyl (C=O) groups is 1. The van der Waals surface area contributed by atoms with Crippen LogP contribution >= 0.6 is 0 Å². The number of methoxy groups -OCH3 is 1. The molecule has 0 N–H and O–H groups in total. The molecule has 1 aromatic heterocycles. The Morgan fingerprint density at radius 1 is 1.17 bits per heavy atom. The minimum absolute atomic E-state index is 0.0966. The molecule has 3 aliphatic heterocycles. The topological polar surface area (TPSA) is 60.8 Å². The van der Waals surface area contributed by atoms with Crippen molar-refractivity contribution < 1.29 is 14.3 Å². The number of fused-ring (bicyclic) bond motifs is 1. The zero-order valence-corrected chi connectivity index (χ0v) is 16.9. The maximum absolute atomic E-state index is 13.4. The van der Waals surface area contributed by atoms with E-state index in [2.05, 4.69) is 4.57 Å². The van der Waals surface area contributed by atoms with E-state index in [-0.39, 0.29) is 35.3 Å². The Hall–Kier alpha value is -2.60. The van der Waals surface area contributed by atoms with Crippen LogP contribution in [0.2, 0.25) is 0 Å². The smallest absolute Gasteiger partial charge is 0.274 e. The maximum Gasteiger partial charge on any atom is 0.274 e. The van der Waals surface area contributed by atoms with Gasteiger partial charge in [0, 0.05) is 32.2 Å². The fourth-order valence-electron chi connectivity index (χ4n) is 5.39. The predicted octanol–water partition coefficient (Wildman–Crippen LogP) is 3.16. The molecule has 1 saturated heterocycles. The fourth-order valence-corrected chi connectivity index (χ4v) is 5.39. The van der Waals surface area contributed by atoms with Gasteiger partial charge in [-0.3, -0.25) is 9.59 Å². The summed E-state index contributed by atoms with van der Waals surface area (Å²) in [5, 5.41) is 0. The lowest BCUT2D eigenvalue weighted by molar-refractivity contribution is 0.0494. The zero-order chi connectivity index (χ0) is 20.2. The van der Waals surface area contributed by atoms with Gasteiger partial charge in [0.2, 0.25) is 5.43 Å². The average molecular weight is 394 g/mol. The average Bonchev–Trinajstić information content (AvgIpc) is 2.93. The van der Waals surface area contributed by atoms with Gasteiger partial charge in [-0.05, 0) is 31.7 Å². The molecule has 2 atom stereocenters. The third-order valence-electron chi connectivity index (χ3n) is 6.76. The van der Waals surface area contributed by atoms with Gasteiger partial charge in [0.1, 0.15) is 6.61 Å². The molecule has 1 spiro atoms. The highest BCUT2D eigenvalue weighted by Crippen LogP contribution is 2.50. The van der Waals surface area contributed by atoms with Gasteiger partial charge in [0.15, 0.2) is 11.4 Å². The van der Waals surface area contributed by atoms with Gasteiger partial charge < -0.3 is 18.9 Å². The lowest BCUT2D eigenvalue weighted by Crippen LogP contribution is -2.52. The molecule has 1 fully saturated rings. The van der Waals surface area contributed by atoms with E-state index in [9.17, 15) is 9.59 Å². The summed E-state index contributed by atoms with van der Waals surface area (Å²) in [5.74, 6) is 0.0912. The van der Waals surface area contributed by atoms with Gasteiger partial charge in [-0.2, -0.15) is 0 Å². The fraction of sp³-hybridized carbons (Fsp3) is 0.478. The number of hydrogen-bond acceptors (Lipinski definition) is 4. The van der Waals surface area contributed by atoms with Crippen molar-refractivity contribution in [2.45, 2.75) is 50.9 Å². The van der Waals surface area contributed by atoms with Crippen LogP contribution in [0.4, 0.5) is 0 Å². The standard InChI is InChI=1S/C23H26N2O4/c1-15-18-17(28-2)12-23-10-6-7-11-24(14-23)22(27)19(25(18)23)21(20(15)26)29-13-16-8-4-3-5-9-16/h3-5,8-9,17H,6-7,10-14H2,1-2H3. The van der Waals surface area contributed by atoms with Crippen LogP contribution in [0.15, 0.2) is 35.1 Å². The van der Waals surface area contributed by atoms with E-state index >= 15 is 0 Å². The quantitative estimate of drug-likeness (QED) is 0.799. The second-order valence-corrected chi connectivity index (χ2v) is 8.46. The molecule has 5 rings (SSSR count). The van der Waals surface area contributed by atoms with Gasteiger partial charge in [-0.25, -0.2) is 0 Å². The number of carbonyl (C=O) groups excluding carboxylic acids is 1. The highest BCUT2D eigenvalue weighted by Gasteiger charge is 2.53. The largest absolute Gasteiger partial charge is 0.483 e. The van der Waals surface area contributed by atoms with Crippen LogP contribution in [-0.2, 0) is 16.9 Å². The van der Waals surface area contributed by atoms with Crippen LogP contribution in [0, 0.1) is 6.92 Å². The number of benzene rings is 1. The number of rotatable bonds is 4. The van der Waals surface area contributed by atoms with E-state index < -0.39 is 0 Å². The SMILES string of the molecule is COC1CC23CCCCN(C2)C(=O)c2c(OCc4ccccc4)c(=O)c(C)c1n23. The van der Waals surface area contributed by atoms with E-state index in [4.69, 9.17) is 9.47 Å². The lowest BCUT2D eigenvalue weighted by Gasteiger charge is -2.42. The summed E-state index contributed by atoms with van der Waals surface area (Å²) in [4.78, 5) is 28.7. The van der Waals surface area contributed by atoms with Crippen LogP contribution in [0.3, 0.4) is 0 Å². The first kappa shape index (κ1) is 18.4. The van der Waals surface area contributed by atoms with Crippen LogP contribution in [0.1, 0.15) is 59.1 Å². The number of nitrogens with zero attached hydrogens (tertiary/aromatic N) is 2. The van der Waals surface area contributed by atoms with Crippen molar-refractivity contribution in [3.8, 4) is 5.75 Å². The number of hydrogen-bond donors (Lipinski definition) is 0. The second kappa shape index (κ2) is 6.73. The van der Waals surface area contributed by atoms with Crippen molar-refractivity contribution in [3.63, 3.8) is 0 Å². The number of aromatic nitrogens is 1. The van der Waals surface area contributed by atoms with Crippen LogP contribution in [0.25, 0.3) is 0 Å². The highest BCUT2D eigenvalue weighted by atomic mass is 16.5. The molecule has 0 saturated carbocycles. The molecule has 1 aromatic carbocycles. The predicted molar refractivity (Wildman–Crippen MR) is 108 cm³/mol. The molecular weight excluding hydrogens is 368 g/mol. The summed E-state index contributed by atoms with van der Waals surface area (Å²) < 4.78 is 14.0. The second-order valence-electron chi connectivity index (χ2n) is 8.46. The Morgan fingerprint density at radius 3 is 2.72 bits per heavy atom. The van der Waals surface area contributed by atoms with Gasteiger partial charge in [0.05, 0.1) is 17.3 Å². The molecule has 2 aromatic rings. The zero-order valence-electron chi connectivity index (χ0n) is 16.9. The Balaban J connectivity index is 1.71. The molecular formula is C23H26N2O4. The molecule has 152 valence electrons. The Morgan fingerprint density at radius 2 is 1.97 bits per heavy atom. The van der Waals surface area contributed by atoms with Crippen molar-refractivity contribution in [2.24, 2.45) is 0 Å². The number of pyridine rings is 1. The Labute approximate surface area is 170 Å². The van der Waals surface area contributed by atoms with E-state index in [1.807, 2.05) is 42.2 Å². The van der Waals surface area contributed by atoms with Gasteiger partial charge >= 0.3 is 0 Å². The third kappa shape index (κ3) is 2.65. The molecule has 0 radical (unpaired) electrons. The van der Waals surface area contributed by atoms with E-state index in [1.54, 1.807) is 7.11 Å². The first-order chi connectivity index (χ1) is 14.1. The summed E-state index contributed by atoms with van der Waals surface area (Å²) >= 11 is 0. The molecule has 4 heterocycles. The Kier molecular flexibility index (Phi) is 4.28. The van der Waals surface area contributed by atoms with Gasteiger partial charge in [-0.1, -0.05) is 30.3 Å². The summed E-state index contributed by atoms with van der Waals surface area (Å²) in [6.45, 7) is 3.51. The van der Waals surface area contributed by atoms with E-state index in [0.717, 1.165) is 43.5 Å². The molecule has 2 unspecified atom stereocenters. The lowest BCUT2D eigenvalue weighted by atomic mass is 9.88. The van der Waals surface area contributed by atoms with Crippen molar-refractivity contribution in [1.82, 2.24) is 9.47 Å². The molecule has 0 aliphatic carbocycles. The van der Waals surface area contributed by atoms with Crippen LogP contribution < -0.4 is 10.2 Å². The van der Waals surface area contributed by atoms with Crippen molar-refractivity contribution in [1.29, 1.82) is 0 Å². The molecule has 1 amide bonds. The molecule has 2 bridgehead atoms. The highest BCUT2D eigenvalue weighted by molar-refractivity contribution is 5.96. The summed E-state index contributed by atoms with van der Waals surface area (Å²) in [7, 11) is 1.69. The molecule has 6 heteroatoms. The van der Waals surface area contributed by atoms with Crippen LogP contribution in [-0.4, -0.2) is 35.6 Å². The Bertz CT molecular complexity index is 1030. The van der Waals surface area contributed by atoms with Crippen molar-refractivity contribution in [2.75, 3.05) is 20.2 Å². The molecule has 6 nitrogen and oxygen atoms in total. The first-order valence-corrected chi connectivity index (χ1v) is 10.3. The summed E-state index contributed by atoms with van der Waals surface area (Å²) in [6, 6.07) is 9.73. The summed E-state index contributed by atoms with van der Waals surface area (Å²) in [6.07, 6.45) is 3.65. The summed E-state index contributed by atoms with van der Waals surface area (Å²) in [5.41, 5.74) is 2.46.